The molecule has 1 aliphatic rings. The van der Waals surface area contributed by atoms with Crippen LogP contribution in [0.25, 0.3) is 16.9 Å². The lowest BCUT2D eigenvalue weighted by molar-refractivity contribution is 0.111. The van der Waals surface area contributed by atoms with Gasteiger partial charge in [0, 0.05) is 5.56 Å². The van der Waals surface area contributed by atoms with Crippen LogP contribution in [0.15, 0.2) is 36.5 Å². The molecule has 4 rings (SSSR count). The van der Waals surface area contributed by atoms with Gasteiger partial charge in [0.15, 0.2) is 11.9 Å². The predicted molar refractivity (Wildman–Crippen MR) is 75.8 cm³/mol. The number of carbonyl (C=O) groups is 1. The molecule has 0 saturated heterocycles. The van der Waals surface area contributed by atoms with Crippen molar-refractivity contribution >= 4 is 11.9 Å². The first-order chi connectivity index (χ1) is 9.85. The van der Waals surface area contributed by atoms with Gasteiger partial charge in [0.2, 0.25) is 0 Å². The SMILES string of the molecule is O=Cc1cnc2ccc(-c3ccc4c(c3)CCC4)nn12. The highest BCUT2D eigenvalue weighted by Crippen LogP contribution is 2.27. The Morgan fingerprint density at radius 1 is 1.10 bits per heavy atom. The molecule has 0 spiro atoms. The lowest BCUT2D eigenvalue weighted by atomic mass is 10.0. The fourth-order valence-electron chi connectivity index (χ4n) is 2.86. The molecule has 0 unspecified atom stereocenters. The van der Waals surface area contributed by atoms with Gasteiger partial charge < -0.3 is 0 Å². The minimum absolute atomic E-state index is 0.475. The van der Waals surface area contributed by atoms with Crippen LogP contribution in [-0.2, 0) is 12.8 Å². The Morgan fingerprint density at radius 2 is 2.00 bits per heavy atom. The van der Waals surface area contributed by atoms with Gasteiger partial charge in [-0.05, 0) is 48.6 Å². The van der Waals surface area contributed by atoms with Crippen LogP contribution in [-0.4, -0.2) is 20.9 Å². The summed E-state index contributed by atoms with van der Waals surface area (Å²) in [7, 11) is 0. The molecule has 0 aliphatic heterocycles. The van der Waals surface area contributed by atoms with E-state index in [9.17, 15) is 4.79 Å². The third-order valence-corrected chi connectivity index (χ3v) is 3.90. The fourth-order valence-corrected chi connectivity index (χ4v) is 2.86. The van der Waals surface area contributed by atoms with Gasteiger partial charge in [-0.1, -0.05) is 12.1 Å². The summed E-state index contributed by atoms with van der Waals surface area (Å²) in [4.78, 5) is 15.1. The maximum atomic E-state index is 11.0. The number of aldehydes is 1. The molecule has 0 amide bonds. The fraction of sp³-hybridized carbons (Fsp3) is 0.188. The van der Waals surface area contributed by atoms with Crippen molar-refractivity contribution in [3.05, 3.63) is 53.3 Å². The van der Waals surface area contributed by atoms with Gasteiger partial charge in [-0.15, -0.1) is 0 Å². The van der Waals surface area contributed by atoms with E-state index >= 15 is 0 Å². The molecule has 0 atom stereocenters. The second-order valence-electron chi connectivity index (χ2n) is 5.13. The number of hydrogen-bond donors (Lipinski definition) is 0. The van der Waals surface area contributed by atoms with Crippen LogP contribution in [0.4, 0.5) is 0 Å². The maximum absolute atomic E-state index is 11.0. The van der Waals surface area contributed by atoms with Crippen LogP contribution >= 0.6 is 0 Å². The molecule has 2 aromatic heterocycles. The zero-order valence-electron chi connectivity index (χ0n) is 10.9. The number of imidazole rings is 1. The molecule has 0 saturated carbocycles. The molecule has 3 aromatic rings. The van der Waals surface area contributed by atoms with E-state index in [1.54, 1.807) is 10.7 Å². The Bertz CT molecular complexity index is 820. The van der Waals surface area contributed by atoms with Crippen molar-refractivity contribution in [1.82, 2.24) is 14.6 Å². The molecule has 0 fully saturated rings. The van der Waals surface area contributed by atoms with E-state index in [2.05, 4.69) is 28.3 Å². The summed E-state index contributed by atoms with van der Waals surface area (Å²) >= 11 is 0. The third-order valence-electron chi connectivity index (χ3n) is 3.90. The van der Waals surface area contributed by atoms with E-state index in [1.807, 2.05) is 12.1 Å². The molecular weight excluding hydrogens is 250 g/mol. The Hall–Kier alpha value is -2.49. The molecule has 0 radical (unpaired) electrons. The highest BCUT2D eigenvalue weighted by molar-refractivity contribution is 5.74. The monoisotopic (exact) mass is 263 g/mol. The Balaban J connectivity index is 1.87. The Labute approximate surface area is 116 Å². The normalized spacial score (nSPS) is 13.6. The maximum Gasteiger partial charge on any atom is 0.170 e. The zero-order chi connectivity index (χ0) is 13.5. The van der Waals surface area contributed by atoms with E-state index in [0.29, 0.717) is 11.3 Å². The average Bonchev–Trinajstić information content (AvgIpc) is 3.12. The van der Waals surface area contributed by atoms with Crippen molar-refractivity contribution in [3.63, 3.8) is 0 Å². The molecule has 4 heteroatoms. The third kappa shape index (κ3) is 1.65. The van der Waals surface area contributed by atoms with E-state index in [0.717, 1.165) is 24.0 Å². The number of rotatable bonds is 2. The van der Waals surface area contributed by atoms with Crippen molar-refractivity contribution < 1.29 is 4.79 Å². The number of hydrogen-bond acceptors (Lipinski definition) is 3. The summed E-state index contributed by atoms with van der Waals surface area (Å²) in [6, 6.07) is 10.4. The highest BCUT2D eigenvalue weighted by atomic mass is 16.1. The van der Waals surface area contributed by atoms with Gasteiger partial charge in [-0.3, -0.25) is 4.79 Å². The largest absolute Gasteiger partial charge is 0.296 e. The van der Waals surface area contributed by atoms with Crippen LogP contribution in [0.5, 0.6) is 0 Å². The first-order valence-electron chi connectivity index (χ1n) is 6.77. The minimum atomic E-state index is 0.475. The first-order valence-corrected chi connectivity index (χ1v) is 6.77. The average molecular weight is 263 g/mol. The number of aryl methyl sites for hydroxylation is 2. The summed E-state index contributed by atoms with van der Waals surface area (Å²) in [6.07, 6.45) is 5.89. The number of benzene rings is 1. The van der Waals surface area contributed by atoms with Crippen LogP contribution in [0.2, 0.25) is 0 Å². The molecule has 20 heavy (non-hydrogen) atoms. The second kappa shape index (κ2) is 4.27. The number of fused-ring (bicyclic) bond motifs is 2. The van der Waals surface area contributed by atoms with Crippen molar-refractivity contribution in [2.24, 2.45) is 0 Å². The molecule has 4 nitrogen and oxygen atoms in total. The summed E-state index contributed by atoms with van der Waals surface area (Å²) in [5, 5.41) is 4.52. The highest BCUT2D eigenvalue weighted by Gasteiger charge is 2.12. The first kappa shape index (κ1) is 11.3. The quantitative estimate of drug-likeness (QED) is 0.668. The van der Waals surface area contributed by atoms with Crippen LogP contribution in [0, 0.1) is 0 Å². The lowest BCUT2D eigenvalue weighted by Crippen LogP contribution is -1.98. The molecule has 0 bridgehead atoms. The van der Waals surface area contributed by atoms with Gasteiger partial charge in [-0.2, -0.15) is 5.10 Å². The molecule has 98 valence electrons. The molecule has 1 aliphatic carbocycles. The van der Waals surface area contributed by atoms with Crippen LogP contribution < -0.4 is 0 Å². The Kier molecular flexibility index (Phi) is 2.42. The summed E-state index contributed by atoms with van der Waals surface area (Å²) in [5.41, 5.74) is 6.00. The number of carbonyl (C=O) groups excluding carboxylic acids is 1. The smallest absolute Gasteiger partial charge is 0.170 e. The molecular formula is C16H13N3O. The van der Waals surface area contributed by atoms with E-state index < -0.39 is 0 Å². The van der Waals surface area contributed by atoms with E-state index in [4.69, 9.17) is 0 Å². The summed E-state index contributed by atoms with van der Waals surface area (Å²) in [5.74, 6) is 0. The zero-order valence-corrected chi connectivity index (χ0v) is 10.9. The second-order valence-corrected chi connectivity index (χ2v) is 5.13. The van der Waals surface area contributed by atoms with Gasteiger partial charge >= 0.3 is 0 Å². The van der Waals surface area contributed by atoms with Crippen molar-refractivity contribution in [2.45, 2.75) is 19.3 Å². The lowest BCUT2D eigenvalue weighted by Gasteiger charge is -2.05. The molecule has 0 N–H and O–H groups in total. The summed E-state index contributed by atoms with van der Waals surface area (Å²) in [6.45, 7) is 0. The van der Waals surface area contributed by atoms with E-state index in [-0.39, 0.29) is 0 Å². The predicted octanol–water partition coefficient (Wildman–Crippen LogP) is 2.70. The van der Waals surface area contributed by atoms with Crippen LogP contribution in [0.1, 0.15) is 28.0 Å². The van der Waals surface area contributed by atoms with Crippen LogP contribution in [0.3, 0.4) is 0 Å². The van der Waals surface area contributed by atoms with Crippen molar-refractivity contribution in [2.75, 3.05) is 0 Å². The minimum Gasteiger partial charge on any atom is -0.296 e. The standard InChI is InChI=1S/C16H13N3O/c20-10-14-9-17-16-7-6-15(18-19(14)16)13-5-4-11-2-1-3-12(11)8-13/h4-10H,1-3H2. The van der Waals surface area contributed by atoms with Crippen molar-refractivity contribution in [3.8, 4) is 11.3 Å². The van der Waals surface area contributed by atoms with Gasteiger partial charge in [0.05, 0.1) is 11.9 Å². The Morgan fingerprint density at radius 3 is 2.90 bits per heavy atom. The molecule has 1 aromatic carbocycles. The van der Waals surface area contributed by atoms with Gasteiger partial charge in [0.25, 0.3) is 0 Å². The number of nitrogens with zero attached hydrogens (tertiary/aromatic N) is 3. The topological polar surface area (TPSA) is 47.3 Å². The summed E-state index contributed by atoms with van der Waals surface area (Å²) < 4.78 is 1.59. The van der Waals surface area contributed by atoms with Gasteiger partial charge in [0.1, 0.15) is 5.69 Å². The van der Waals surface area contributed by atoms with E-state index in [1.165, 1.54) is 24.0 Å². The van der Waals surface area contributed by atoms with Gasteiger partial charge in [-0.25, -0.2) is 9.50 Å². The molecule has 2 heterocycles. The number of aromatic nitrogens is 3. The van der Waals surface area contributed by atoms with Crippen molar-refractivity contribution in [1.29, 1.82) is 0 Å².